The number of carbonyl (C=O) groups excluding carboxylic acids is 2. The molecule has 150 valence electrons. The van der Waals surface area contributed by atoms with Crippen LogP contribution in [0.3, 0.4) is 0 Å². The van der Waals surface area contributed by atoms with E-state index in [1.54, 1.807) is 0 Å². The van der Waals surface area contributed by atoms with Crippen molar-refractivity contribution in [2.75, 3.05) is 13.1 Å². The molecule has 1 atom stereocenters. The van der Waals surface area contributed by atoms with Gasteiger partial charge in [-0.15, -0.1) is 0 Å². The number of ether oxygens (including phenoxy) is 1. The highest BCUT2D eigenvalue weighted by molar-refractivity contribution is 6.30. The predicted molar refractivity (Wildman–Crippen MR) is 107 cm³/mol. The van der Waals surface area contributed by atoms with Gasteiger partial charge in [0.2, 0.25) is 5.91 Å². The number of hydrogen-bond donors (Lipinski definition) is 3. The quantitative estimate of drug-likeness (QED) is 0.619. The Hall–Kier alpha value is -1.79. The Balaban J connectivity index is 1.82. The summed E-state index contributed by atoms with van der Waals surface area (Å²) in [6.07, 6.45) is 3.05. The zero-order chi connectivity index (χ0) is 19.9. The molecule has 0 radical (unpaired) electrons. The number of hydrogen-bond acceptors (Lipinski definition) is 4. The summed E-state index contributed by atoms with van der Waals surface area (Å²) in [6, 6.07) is 5.62. The topological polar surface area (TPSA) is 79.5 Å². The van der Waals surface area contributed by atoms with Gasteiger partial charge in [-0.05, 0) is 76.3 Å². The van der Waals surface area contributed by atoms with E-state index in [1.807, 2.05) is 39.0 Å². The maximum absolute atomic E-state index is 12.2. The minimum atomic E-state index is -0.500. The zero-order valence-corrected chi connectivity index (χ0v) is 17.1. The summed E-state index contributed by atoms with van der Waals surface area (Å²) in [6.45, 7) is 7.37. The molecule has 1 aliphatic rings. The fourth-order valence-corrected chi connectivity index (χ4v) is 3.19. The van der Waals surface area contributed by atoms with Gasteiger partial charge in [-0.3, -0.25) is 4.79 Å². The van der Waals surface area contributed by atoms with Crippen molar-refractivity contribution >= 4 is 23.6 Å². The molecule has 1 heterocycles. The van der Waals surface area contributed by atoms with Gasteiger partial charge in [0.15, 0.2) is 0 Å². The summed E-state index contributed by atoms with van der Waals surface area (Å²) in [4.78, 5) is 23.9. The van der Waals surface area contributed by atoms with Crippen molar-refractivity contribution in [3.63, 3.8) is 0 Å². The van der Waals surface area contributed by atoms with Crippen LogP contribution in [0.5, 0.6) is 0 Å². The molecule has 3 N–H and O–H groups in total. The molecule has 2 amide bonds. The fraction of sp³-hybridized carbons (Fsp3) is 0.600. The molecule has 0 aromatic heterocycles. The van der Waals surface area contributed by atoms with Crippen molar-refractivity contribution in [3.05, 3.63) is 34.3 Å². The van der Waals surface area contributed by atoms with Crippen LogP contribution in [0.1, 0.15) is 51.2 Å². The first-order chi connectivity index (χ1) is 12.7. The van der Waals surface area contributed by atoms with Crippen molar-refractivity contribution in [2.45, 2.75) is 64.6 Å². The van der Waals surface area contributed by atoms with Gasteiger partial charge in [0.25, 0.3) is 0 Å². The zero-order valence-electron chi connectivity index (χ0n) is 16.4. The number of halogens is 1. The van der Waals surface area contributed by atoms with Crippen LogP contribution in [-0.2, 0) is 22.5 Å². The lowest BCUT2D eigenvalue weighted by Gasteiger charge is -2.19. The van der Waals surface area contributed by atoms with Crippen LogP contribution < -0.4 is 16.0 Å². The number of aryl methyl sites for hydroxylation is 1. The largest absolute Gasteiger partial charge is 0.444 e. The summed E-state index contributed by atoms with van der Waals surface area (Å²) < 4.78 is 5.22. The normalized spacial score (nSPS) is 16.8. The number of carbonyl (C=O) groups is 2. The molecule has 7 heteroatoms. The Labute approximate surface area is 166 Å². The number of amides is 2. The first kappa shape index (κ1) is 21.5. The molecule has 1 aromatic carbocycles. The molecule has 6 nitrogen and oxygen atoms in total. The lowest BCUT2D eigenvalue weighted by molar-refractivity contribution is -0.122. The second kappa shape index (κ2) is 9.95. The van der Waals surface area contributed by atoms with Crippen LogP contribution in [0.4, 0.5) is 4.79 Å². The lowest BCUT2D eigenvalue weighted by atomic mass is 10.0. The van der Waals surface area contributed by atoms with E-state index in [-0.39, 0.29) is 11.9 Å². The molecule has 1 fully saturated rings. The van der Waals surface area contributed by atoms with E-state index in [2.05, 4.69) is 16.0 Å². The molecule has 1 saturated heterocycles. The predicted octanol–water partition coefficient (Wildman–Crippen LogP) is 3.17. The number of alkyl carbamates (subject to hydrolysis) is 1. The molecular weight excluding hydrogens is 366 g/mol. The van der Waals surface area contributed by atoms with Crippen LogP contribution in [0.2, 0.25) is 5.02 Å². The highest BCUT2D eigenvalue weighted by Gasteiger charge is 2.21. The summed E-state index contributed by atoms with van der Waals surface area (Å²) in [5, 5.41) is 9.60. The van der Waals surface area contributed by atoms with Crippen LogP contribution >= 0.6 is 11.6 Å². The molecule has 2 rings (SSSR count). The van der Waals surface area contributed by atoms with E-state index in [0.717, 1.165) is 43.4 Å². The van der Waals surface area contributed by atoms with Crippen molar-refractivity contribution < 1.29 is 14.3 Å². The van der Waals surface area contributed by atoms with Gasteiger partial charge in [-0.1, -0.05) is 17.7 Å². The molecular formula is C20H30ClN3O3. The third-order valence-electron chi connectivity index (χ3n) is 4.29. The van der Waals surface area contributed by atoms with Crippen LogP contribution in [-0.4, -0.2) is 36.7 Å². The Morgan fingerprint density at radius 1 is 1.26 bits per heavy atom. The maximum atomic E-state index is 12.2. The molecule has 0 saturated carbocycles. The molecule has 0 spiro atoms. The highest BCUT2D eigenvalue weighted by atomic mass is 35.5. The minimum Gasteiger partial charge on any atom is -0.444 e. The summed E-state index contributed by atoms with van der Waals surface area (Å²) >= 11 is 6.13. The Bertz CT molecular complexity index is 652. The molecule has 0 bridgehead atoms. The average Bonchev–Trinajstić information content (AvgIpc) is 3.11. The first-order valence-corrected chi connectivity index (χ1v) is 9.87. The summed E-state index contributed by atoms with van der Waals surface area (Å²) in [7, 11) is 0. The number of nitrogens with one attached hydrogen (secondary N) is 3. The molecule has 27 heavy (non-hydrogen) atoms. The lowest BCUT2D eigenvalue weighted by Crippen LogP contribution is -2.40. The third kappa shape index (κ3) is 7.77. The Kier molecular flexibility index (Phi) is 7.92. The van der Waals surface area contributed by atoms with Crippen molar-refractivity contribution in [1.82, 2.24) is 16.0 Å². The smallest absolute Gasteiger partial charge is 0.407 e. The van der Waals surface area contributed by atoms with Gasteiger partial charge in [0, 0.05) is 18.1 Å². The molecule has 1 aromatic rings. The van der Waals surface area contributed by atoms with E-state index in [1.165, 1.54) is 0 Å². The summed E-state index contributed by atoms with van der Waals surface area (Å²) in [5.74, 6) is 0.0324. The second-order valence-corrected chi connectivity index (χ2v) is 8.25. The number of benzene rings is 1. The first-order valence-electron chi connectivity index (χ1n) is 9.50. The van der Waals surface area contributed by atoms with Gasteiger partial charge in [-0.25, -0.2) is 4.79 Å². The summed E-state index contributed by atoms with van der Waals surface area (Å²) in [5.41, 5.74) is 1.62. The highest BCUT2D eigenvalue weighted by Crippen LogP contribution is 2.18. The Morgan fingerprint density at radius 3 is 2.70 bits per heavy atom. The average molecular weight is 396 g/mol. The standard InChI is InChI=1S/C20H30ClN3O3/c1-20(2,3)27-19(26)23-11-4-6-14-8-9-16(21)12-15(14)13-24-18(25)17-7-5-10-22-17/h8-9,12,17,22H,4-7,10-11,13H2,1-3H3,(H,23,26)(H,24,25)/t17-/m0/s1. The monoisotopic (exact) mass is 395 g/mol. The van der Waals surface area contributed by atoms with Crippen molar-refractivity contribution in [2.24, 2.45) is 0 Å². The van der Waals surface area contributed by atoms with Gasteiger partial charge in [0.1, 0.15) is 5.60 Å². The number of rotatable bonds is 7. The van der Waals surface area contributed by atoms with Crippen LogP contribution in [0, 0.1) is 0 Å². The molecule has 0 aliphatic carbocycles. The second-order valence-electron chi connectivity index (χ2n) is 7.81. The van der Waals surface area contributed by atoms with Crippen LogP contribution in [0.15, 0.2) is 18.2 Å². The van der Waals surface area contributed by atoms with Crippen molar-refractivity contribution in [1.29, 1.82) is 0 Å². The molecule has 0 unspecified atom stereocenters. The Morgan fingerprint density at radius 2 is 2.04 bits per heavy atom. The van der Waals surface area contributed by atoms with Gasteiger partial charge >= 0.3 is 6.09 Å². The van der Waals surface area contributed by atoms with Gasteiger partial charge in [0.05, 0.1) is 6.04 Å². The maximum Gasteiger partial charge on any atom is 0.407 e. The van der Waals surface area contributed by atoms with E-state index in [4.69, 9.17) is 16.3 Å². The van der Waals surface area contributed by atoms with Gasteiger partial charge < -0.3 is 20.7 Å². The third-order valence-corrected chi connectivity index (χ3v) is 4.52. The van der Waals surface area contributed by atoms with E-state index in [9.17, 15) is 9.59 Å². The SMILES string of the molecule is CC(C)(C)OC(=O)NCCCc1ccc(Cl)cc1CNC(=O)[C@@H]1CCCN1. The van der Waals surface area contributed by atoms with Gasteiger partial charge in [-0.2, -0.15) is 0 Å². The fourth-order valence-electron chi connectivity index (χ4n) is 3.00. The van der Waals surface area contributed by atoms with E-state index < -0.39 is 11.7 Å². The van der Waals surface area contributed by atoms with Crippen LogP contribution in [0.25, 0.3) is 0 Å². The van der Waals surface area contributed by atoms with E-state index >= 15 is 0 Å². The molecule has 1 aliphatic heterocycles. The minimum absolute atomic E-state index is 0.0324. The van der Waals surface area contributed by atoms with Crippen molar-refractivity contribution in [3.8, 4) is 0 Å². The van der Waals surface area contributed by atoms with E-state index in [0.29, 0.717) is 18.1 Å².